The first-order valence-corrected chi connectivity index (χ1v) is 23.2. The number of pyridine rings is 1. The van der Waals surface area contributed by atoms with Crippen molar-refractivity contribution in [3.8, 4) is 23.0 Å². The van der Waals surface area contributed by atoms with Gasteiger partial charge in [0.2, 0.25) is 27.7 Å². The van der Waals surface area contributed by atoms with Crippen LogP contribution in [-0.4, -0.2) is 126 Å². The first-order valence-electron chi connectivity index (χ1n) is 20.8. The Bertz CT molecular complexity index is 2310. The standard InChI is InChI=1S/C42H56N8O9S2/c1-24(2)43-39-45-33(23-60-39)31-18-25-17-27(57-7)12-15-30(25)36(44-31)58-28-19-34-35(51)47-42(38(53)48-61(55,56)29-13-14-29)20-26(42)11-9-8-10-16-49(6)22-32(37(52)50(34)21-28)46-40(54)59-41(3,4)5/h9,11-12,15,17-18,23-24,26,28-29,32,34H,8,10,13-14,16,19-22H2,1-7H3,(H,43,45)(H,46,54)(H,47,51)(H,48,53)/b11-9-/t26-,28-,32+,34+,42-/m1/s1. The molecule has 5 atom stereocenters. The maximum atomic E-state index is 14.8. The molecule has 4 N–H and O–H groups in total. The van der Waals surface area contributed by atoms with Gasteiger partial charge in [0, 0.05) is 35.7 Å². The number of aromatic nitrogens is 2. The minimum Gasteiger partial charge on any atom is -0.497 e. The van der Waals surface area contributed by atoms with E-state index in [0.29, 0.717) is 54.8 Å². The van der Waals surface area contributed by atoms with Gasteiger partial charge in [0.1, 0.15) is 40.8 Å². The summed E-state index contributed by atoms with van der Waals surface area (Å²) in [5.41, 5.74) is -1.23. The highest BCUT2D eigenvalue weighted by molar-refractivity contribution is 7.91. The van der Waals surface area contributed by atoms with E-state index in [1.54, 1.807) is 33.9 Å². The molecule has 3 fully saturated rings. The lowest BCUT2D eigenvalue weighted by atomic mass is 10.1. The van der Waals surface area contributed by atoms with Gasteiger partial charge in [-0.15, -0.1) is 11.3 Å². The Morgan fingerprint density at radius 3 is 2.56 bits per heavy atom. The van der Waals surface area contributed by atoms with E-state index in [1.807, 2.05) is 61.5 Å². The number of amides is 4. The summed E-state index contributed by atoms with van der Waals surface area (Å²) < 4.78 is 45.9. The van der Waals surface area contributed by atoms with Crippen LogP contribution in [0.2, 0.25) is 0 Å². The number of carbonyl (C=O) groups excluding carboxylic acids is 4. The number of hydrogen-bond donors (Lipinski definition) is 4. The van der Waals surface area contributed by atoms with E-state index in [2.05, 4.69) is 20.7 Å². The number of methoxy groups -OCH3 is 1. The number of carbonyl (C=O) groups is 4. The molecule has 0 radical (unpaired) electrons. The molecular weight excluding hydrogens is 825 g/mol. The number of ether oxygens (including phenoxy) is 3. The average molecular weight is 881 g/mol. The van der Waals surface area contributed by atoms with Gasteiger partial charge >= 0.3 is 6.09 Å². The number of hydrogen-bond acceptors (Lipinski definition) is 14. The summed E-state index contributed by atoms with van der Waals surface area (Å²) in [5, 5.41) is 12.4. The second-order valence-electron chi connectivity index (χ2n) is 17.7. The van der Waals surface area contributed by atoms with E-state index >= 15 is 0 Å². The molecule has 330 valence electrons. The molecule has 2 aromatic heterocycles. The summed E-state index contributed by atoms with van der Waals surface area (Å²) in [4.78, 5) is 69.5. The Morgan fingerprint density at radius 1 is 1.08 bits per heavy atom. The number of nitrogens with zero attached hydrogens (tertiary/aromatic N) is 4. The third-order valence-corrected chi connectivity index (χ3v) is 13.6. The number of alkyl carbamates (subject to hydrolysis) is 1. The Labute approximate surface area is 360 Å². The third-order valence-electron chi connectivity index (χ3n) is 11.0. The van der Waals surface area contributed by atoms with Crippen LogP contribution in [-0.2, 0) is 29.1 Å². The van der Waals surface area contributed by atoms with E-state index in [4.69, 9.17) is 24.2 Å². The fourth-order valence-electron chi connectivity index (χ4n) is 7.73. The fraction of sp³-hybridized carbons (Fsp3) is 0.571. The van der Waals surface area contributed by atoms with E-state index < -0.39 is 74.3 Å². The predicted molar refractivity (Wildman–Crippen MR) is 231 cm³/mol. The molecule has 3 aromatic rings. The number of anilines is 1. The Hall–Kier alpha value is -5.01. The van der Waals surface area contributed by atoms with Gasteiger partial charge in [0.15, 0.2) is 5.13 Å². The molecule has 4 amide bonds. The summed E-state index contributed by atoms with van der Waals surface area (Å²) in [6.07, 6.45) is 4.62. The van der Waals surface area contributed by atoms with Crippen LogP contribution in [0.5, 0.6) is 11.6 Å². The van der Waals surface area contributed by atoms with Gasteiger partial charge in [-0.2, -0.15) is 0 Å². The molecule has 0 unspecified atom stereocenters. The lowest BCUT2D eigenvalue weighted by Gasteiger charge is -2.32. The van der Waals surface area contributed by atoms with Crippen LogP contribution >= 0.6 is 11.3 Å². The monoisotopic (exact) mass is 880 g/mol. The SMILES string of the molecule is COc1ccc2c(O[C@@H]3C[C@H]4C(=O)N[C@]5(C(=O)NS(=O)(=O)C6CC6)C[C@H]5/C=C\CCCN(C)C[C@H](NC(=O)OC(C)(C)C)C(=O)N4C3)nc(-c3csc(NC(C)C)n3)cc2c1. The van der Waals surface area contributed by atoms with E-state index in [0.717, 1.165) is 10.5 Å². The van der Waals surface area contributed by atoms with Gasteiger partial charge in [-0.05, 0) is 110 Å². The topological polar surface area (TPSA) is 210 Å². The van der Waals surface area contributed by atoms with Gasteiger partial charge in [0.25, 0.3) is 5.91 Å². The van der Waals surface area contributed by atoms with Gasteiger partial charge in [0.05, 0.1) is 24.6 Å². The van der Waals surface area contributed by atoms with Crippen LogP contribution in [0.4, 0.5) is 9.93 Å². The molecule has 2 aliphatic heterocycles. The van der Waals surface area contributed by atoms with Crippen molar-refractivity contribution >= 4 is 61.1 Å². The lowest BCUT2D eigenvalue weighted by Crippen LogP contribution is -2.59. The fourth-order valence-corrected chi connectivity index (χ4v) is 9.95. The Kier molecular flexibility index (Phi) is 12.6. The molecule has 0 bridgehead atoms. The number of fused-ring (bicyclic) bond motifs is 3. The van der Waals surface area contributed by atoms with Gasteiger partial charge in [-0.1, -0.05) is 12.2 Å². The summed E-state index contributed by atoms with van der Waals surface area (Å²) >= 11 is 1.45. The smallest absolute Gasteiger partial charge is 0.408 e. The Balaban J connectivity index is 1.24. The van der Waals surface area contributed by atoms with Crippen LogP contribution < -0.4 is 30.1 Å². The highest BCUT2D eigenvalue weighted by Gasteiger charge is 2.62. The molecule has 7 rings (SSSR count). The maximum Gasteiger partial charge on any atom is 0.408 e. The summed E-state index contributed by atoms with van der Waals surface area (Å²) in [5.74, 6) is -1.62. The summed E-state index contributed by atoms with van der Waals surface area (Å²) in [6.45, 7) is 9.82. The van der Waals surface area contributed by atoms with Gasteiger partial charge in [-0.3, -0.25) is 19.1 Å². The van der Waals surface area contributed by atoms with Crippen molar-refractivity contribution in [3.63, 3.8) is 0 Å². The molecular formula is C42H56N8O9S2. The van der Waals surface area contributed by atoms with Crippen molar-refractivity contribution in [2.75, 3.05) is 39.1 Å². The molecule has 1 saturated heterocycles. The highest BCUT2D eigenvalue weighted by atomic mass is 32.2. The van der Waals surface area contributed by atoms with Gasteiger partial charge in [-0.25, -0.2) is 23.2 Å². The van der Waals surface area contributed by atoms with E-state index in [9.17, 15) is 27.6 Å². The molecule has 2 saturated carbocycles. The van der Waals surface area contributed by atoms with Crippen molar-refractivity contribution in [1.82, 2.24) is 35.1 Å². The molecule has 17 nitrogen and oxygen atoms in total. The van der Waals surface area contributed by atoms with Crippen molar-refractivity contribution in [2.24, 2.45) is 5.92 Å². The van der Waals surface area contributed by atoms with E-state index in [-0.39, 0.29) is 37.9 Å². The maximum absolute atomic E-state index is 14.8. The molecule has 1 aromatic carbocycles. The first-order chi connectivity index (χ1) is 28.8. The number of allylic oxidation sites excluding steroid dienone is 1. The summed E-state index contributed by atoms with van der Waals surface area (Å²) in [7, 11) is -0.504. The Morgan fingerprint density at radius 2 is 1.85 bits per heavy atom. The first kappa shape index (κ1) is 44.1. The van der Waals surface area contributed by atoms with Crippen LogP contribution in [0.3, 0.4) is 0 Å². The lowest BCUT2D eigenvalue weighted by molar-refractivity contribution is -0.141. The number of sulfonamides is 1. The molecule has 4 heterocycles. The molecule has 0 spiro atoms. The molecule has 2 aliphatic carbocycles. The number of likely N-dealkylation sites (N-methyl/N-ethyl adjacent to an activating group) is 1. The summed E-state index contributed by atoms with van der Waals surface area (Å²) in [6, 6.07) is 5.24. The zero-order valence-corrected chi connectivity index (χ0v) is 37.3. The largest absolute Gasteiger partial charge is 0.497 e. The number of nitrogens with one attached hydrogen (secondary N) is 4. The average Bonchev–Trinajstić information content (AvgIpc) is 4.06. The molecule has 19 heteroatoms. The number of rotatable bonds is 10. The normalized spacial score (nSPS) is 25.7. The minimum absolute atomic E-state index is 0.00609. The second-order valence-corrected chi connectivity index (χ2v) is 20.5. The van der Waals surface area contributed by atoms with Crippen molar-refractivity contribution in [1.29, 1.82) is 0 Å². The van der Waals surface area contributed by atoms with E-state index in [1.165, 1.54) is 16.2 Å². The number of benzene rings is 1. The van der Waals surface area contributed by atoms with Crippen LogP contribution in [0, 0.1) is 5.92 Å². The van der Waals surface area contributed by atoms with Crippen molar-refractivity contribution in [2.45, 2.75) is 114 Å². The zero-order chi connectivity index (χ0) is 43.9. The van der Waals surface area contributed by atoms with Crippen molar-refractivity contribution in [3.05, 3.63) is 41.8 Å². The molecule has 4 aliphatic rings. The third kappa shape index (κ3) is 10.4. The quantitative estimate of drug-likeness (QED) is 0.211. The van der Waals surface area contributed by atoms with Crippen LogP contribution in [0.1, 0.15) is 73.1 Å². The van der Waals surface area contributed by atoms with Crippen LogP contribution in [0.25, 0.3) is 22.2 Å². The van der Waals surface area contributed by atoms with Gasteiger partial charge < -0.3 is 40.0 Å². The van der Waals surface area contributed by atoms with Crippen LogP contribution in [0.15, 0.2) is 41.8 Å². The zero-order valence-electron chi connectivity index (χ0n) is 35.6. The molecule has 61 heavy (non-hydrogen) atoms. The highest BCUT2D eigenvalue weighted by Crippen LogP contribution is 2.46. The number of thiazole rings is 1. The van der Waals surface area contributed by atoms with Crippen molar-refractivity contribution < 1.29 is 41.8 Å². The predicted octanol–water partition coefficient (Wildman–Crippen LogP) is 4.19. The second kappa shape index (κ2) is 17.4. The minimum atomic E-state index is -3.93.